The molecule has 0 aliphatic carbocycles. The van der Waals surface area contributed by atoms with E-state index in [4.69, 9.17) is 15.0 Å². The number of phenols is 1. The summed E-state index contributed by atoms with van der Waals surface area (Å²) in [4.78, 5) is 0. The first-order chi connectivity index (χ1) is 8.24. The van der Waals surface area contributed by atoms with Gasteiger partial charge in [-0.15, -0.1) is 0 Å². The van der Waals surface area contributed by atoms with Crippen LogP contribution < -0.4 is 5.73 Å². The van der Waals surface area contributed by atoms with E-state index in [1.807, 2.05) is 33.8 Å². The molecule has 0 saturated carbocycles. The summed E-state index contributed by atoms with van der Waals surface area (Å²) in [5, 5.41) is 9.81. The lowest BCUT2D eigenvalue weighted by Crippen LogP contribution is -2.41. The van der Waals surface area contributed by atoms with Crippen molar-refractivity contribution in [3.05, 3.63) is 29.8 Å². The van der Waals surface area contributed by atoms with E-state index in [0.717, 1.165) is 0 Å². The van der Waals surface area contributed by atoms with E-state index in [0.29, 0.717) is 5.56 Å². The smallest absolute Gasteiger partial charge is 0.480 e. The van der Waals surface area contributed by atoms with Gasteiger partial charge in [0.1, 0.15) is 5.75 Å². The van der Waals surface area contributed by atoms with E-state index in [1.54, 1.807) is 18.2 Å². The van der Waals surface area contributed by atoms with Crippen LogP contribution in [0.15, 0.2) is 24.3 Å². The molecule has 1 saturated heterocycles. The van der Waals surface area contributed by atoms with Gasteiger partial charge in [-0.3, -0.25) is 0 Å². The third kappa shape index (κ3) is 2.14. The normalized spacial score (nSPS) is 23.1. The zero-order valence-corrected chi connectivity index (χ0v) is 11.3. The number of nitrogens with two attached hydrogens (primary N) is 1. The molecule has 4 nitrogen and oxygen atoms in total. The highest BCUT2D eigenvalue weighted by molar-refractivity contribution is 6.47. The SMILES string of the molecule is CC1(C)OB([C@H](N)c2ccccc2O)OC1(C)C. The lowest BCUT2D eigenvalue weighted by molar-refractivity contribution is 0.00578. The maximum Gasteiger partial charge on any atom is 0.480 e. The Bertz CT molecular complexity index is 432. The molecule has 0 amide bonds. The molecule has 98 valence electrons. The molecular weight excluding hydrogens is 229 g/mol. The van der Waals surface area contributed by atoms with E-state index in [9.17, 15) is 5.11 Å². The summed E-state index contributed by atoms with van der Waals surface area (Å²) >= 11 is 0. The highest BCUT2D eigenvalue weighted by atomic mass is 16.7. The molecule has 1 aromatic rings. The van der Waals surface area contributed by atoms with Gasteiger partial charge in [-0.25, -0.2) is 0 Å². The first-order valence-corrected chi connectivity index (χ1v) is 6.14. The van der Waals surface area contributed by atoms with Gasteiger partial charge in [-0.1, -0.05) is 18.2 Å². The Morgan fingerprint density at radius 3 is 2.11 bits per heavy atom. The predicted octanol–water partition coefficient (Wildman–Crippen LogP) is 2.02. The first-order valence-electron chi connectivity index (χ1n) is 6.14. The van der Waals surface area contributed by atoms with Crippen LogP contribution in [0.25, 0.3) is 0 Å². The Kier molecular flexibility index (Phi) is 3.17. The molecule has 18 heavy (non-hydrogen) atoms. The van der Waals surface area contributed by atoms with E-state index in [-0.39, 0.29) is 5.75 Å². The van der Waals surface area contributed by atoms with Gasteiger partial charge in [0.25, 0.3) is 0 Å². The molecule has 1 aliphatic rings. The molecule has 0 aromatic heterocycles. The highest BCUT2D eigenvalue weighted by Crippen LogP contribution is 2.40. The molecule has 1 atom stereocenters. The van der Waals surface area contributed by atoms with Crippen molar-refractivity contribution in [3.8, 4) is 5.75 Å². The fourth-order valence-corrected chi connectivity index (χ4v) is 1.95. The topological polar surface area (TPSA) is 64.7 Å². The fourth-order valence-electron chi connectivity index (χ4n) is 1.95. The molecule has 1 aliphatic heterocycles. The Balaban J connectivity index is 2.23. The monoisotopic (exact) mass is 249 g/mol. The van der Waals surface area contributed by atoms with Gasteiger partial charge in [-0.05, 0) is 33.8 Å². The highest BCUT2D eigenvalue weighted by Gasteiger charge is 2.53. The third-order valence-corrected chi connectivity index (χ3v) is 3.86. The summed E-state index contributed by atoms with van der Waals surface area (Å²) in [6.07, 6.45) is 0. The molecule has 1 heterocycles. The van der Waals surface area contributed by atoms with Crippen LogP contribution in [0.3, 0.4) is 0 Å². The summed E-state index contributed by atoms with van der Waals surface area (Å²) < 4.78 is 11.8. The van der Waals surface area contributed by atoms with Crippen molar-refractivity contribution in [3.63, 3.8) is 0 Å². The molecule has 1 fully saturated rings. The van der Waals surface area contributed by atoms with Gasteiger partial charge in [-0.2, -0.15) is 0 Å². The number of phenolic OH excluding ortho intramolecular Hbond substituents is 1. The summed E-state index contributed by atoms with van der Waals surface area (Å²) in [6, 6.07) is 6.99. The van der Waals surface area contributed by atoms with Crippen molar-refractivity contribution in [1.29, 1.82) is 0 Å². The van der Waals surface area contributed by atoms with E-state index < -0.39 is 24.3 Å². The summed E-state index contributed by atoms with van der Waals surface area (Å²) in [6.45, 7) is 7.91. The van der Waals surface area contributed by atoms with Gasteiger partial charge in [0, 0.05) is 5.56 Å². The van der Waals surface area contributed by atoms with Crippen LogP contribution in [0.1, 0.15) is 39.2 Å². The van der Waals surface area contributed by atoms with Gasteiger partial charge in [0.2, 0.25) is 0 Å². The summed E-state index contributed by atoms with van der Waals surface area (Å²) in [7, 11) is -0.553. The second-order valence-corrected chi connectivity index (χ2v) is 5.71. The van der Waals surface area contributed by atoms with Crippen LogP contribution in [-0.2, 0) is 9.31 Å². The van der Waals surface area contributed by atoms with Crippen LogP contribution in [-0.4, -0.2) is 23.4 Å². The van der Waals surface area contributed by atoms with Crippen LogP contribution >= 0.6 is 0 Å². The molecule has 1 aromatic carbocycles. The number of hydrogen-bond donors (Lipinski definition) is 2. The molecular formula is C13H20BNO3. The van der Waals surface area contributed by atoms with E-state index >= 15 is 0 Å². The second-order valence-electron chi connectivity index (χ2n) is 5.71. The van der Waals surface area contributed by atoms with Crippen LogP contribution in [0.5, 0.6) is 5.75 Å². The van der Waals surface area contributed by atoms with Crippen molar-refractivity contribution < 1.29 is 14.4 Å². The molecule has 3 N–H and O–H groups in total. The largest absolute Gasteiger partial charge is 0.508 e. The van der Waals surface area contributed by atoms with Gasteiger partial charge < -0.3 is 20.1 Å². The number of benzene rings is 1. The average Bonchev–Trinajstić information content (AvgIpc) is 2.48. The fraction of sp³-hybridized carbons (Fsp3) is 0.538. The Morgan fingerprint density at radius 1 is 1.11 bits per heavy atom. The molecule has 0 spiro atoms. The minimum Gasteiger partial charge on any atom is -0.508 e. The van der Waals surface area contributed by atoms with Crippen molar-refractivity contribution in [2.24, 2.45) is 5.73 Å². The van der Waals surface area contributed by atoms with Gasteiger partial charge in [0.15, 0.2) is 0 Å². The Hall–Kier alpha value is -1.04. The second kappa shape index (κ2) is 4.26. The molecule has 2 rings (SSSR count). The molecule has 0 unspecified atom stereocenters. The van der Waals surface area contributed by atoms with Gasteiger partial charge >= 0.3 is 7.12 Å². The van der Waals surface area contributed by atoms with Crippen LogP contribution in [0.4, 0.5) is 0 Å². The maximum absolute atomic E-state index is 9.81. The molecule has 5 heteroatoms. The van der Waals surface area contributed by atoms with Crippen LogP contribution in [0.2, 0.25) is 0 Å². The number of para-hydroxylation sites is 1. The first kappa shape index (κ1) is 13.4. The zero-order valence-electron chi connectivity index (χ0n) is 11.3. The maximum atomic E-state index is 9.81. The zero-order chi connectivity index (χ0) is 13.6. The Morgan fingerprint density at radius 2 is 1.61 bits per heavy atom. The van der Waals surface area contributed by atoms with Crippen molar-refractivity contribution in [2.45, 2.75) is 44.8 Å². The number of hydrogen-bond acceptors (Lipinski definition) is 4. The van der Waals surface area contributed by atoms with Crippen molar-refractivity contribution in [2.75, 3.05) is 0 Å². The van der Waals surface area contributed by atoms with Gasteiger partial charge in [0.05, 0.1) is 17.1 Å². The lowest BCUT2D eigenvalue weighted by Gasteiger charge is -2.32. The van der Waals surface area contributed by atoms with Crippen molar-refractivity contribution >= 4 is 7.12 Å². The molecule has 0 radical (unpaired) electrons. The summed E-state index contributed by atoms with van der Waals surface area (Å²) in [5.74, 6) is -0.341. The molecule has 0 bridgehead atoms. The minimum atomic E-state index is -0.553. The predicted molar refractivity (Wildman–Crippen MR) is 71.1 cm³/mol. The van der Waals surface area contributed by atoms with Crippen LogP contribution in [0, 0.1) is 0 Å². The minimum absolute atomic E-state index is 0.166. The quantitative estimate of drug-likeness (QED) is 0.787. The lowest BCUT2D eigenvalue weighted by atomic mass is 9.74. The standard InChI is InChI=1S/C13H20BNO3/c1-12(2)13(3,4)18-14(17-12)11(15)9-7-5-6-8-10(9)16/h5-8,11,16H,15H2,1-4H3/t11-/m1/s1. The van der Waals surface area contributed by atoms with E-state index in [1.165, 1.54) is 0 Å². The number of aromatic hydroxyl groups is 1. The summed E-state index contributed by atoms with van der Waals surface area (Å²) in [5.41, 5.74) is 5.93. The Labute approximate surface area is 108 Å². The number of rotatable bonds is 2. The van der Waals surface area contributed by atoms with Crippen molar-refractivity contribution in [1.82, 2.24) is 0 Å². The van der Waals surface area contributed by atoms with E-state index in [2.05, 4.69) is 0 Å². The third-order valence-electron chi connectivity index (χ3n) is 3.86. The average molecular weight is 249 g/mol.